The number of nitrogens with zero attached hydrogens (tertiary/aromatic N) is 1. The highest BCUT2D eigenvalue weighted by Crippen LogP contribution is 2.38. The van der Waals surface area contributed by atoms with Crippen LogP contribution in [0.4, 0.5) is 0 Å². The molecule has 0 unspecified atom stereocenters. The lowest BCUT2D eigenvalue weighted by atomic mass is 10.0. The average Bonchev–Trinajstić information content (AvgIpc) is 3.18. The number of carbonyl (C=O) groups is 1. The Kier molecular flexibility index (Phi) is 4.09. The van der Waals surface area contributed by atoms with Crippen molar-refractivity contribution >= 4 is 33.9 Å². The molecule has 0 bridgehead atoms. The zero-order valence-corrected chi connectivity index (χ0v) is 14.8. The predicted molar refractivity (Wildman–Crippen MR) is 106 cm³/mol. The molecule has 4 nitrogen and oxygen atoms in total. The average molecular weight is 344 g/mol. The van der Waals surface area contributed by atoms with Gasteiger partial charge in [0.05, 0.1) is 6.61 Å². The molecule has 0 amide bonds. The molecule has 0 atom stereocenters. The fraction of sp³-hybridized carbons (Fsp3) is 0.136. The normalized spacial score (nSPS) is 11.6. The minimum atomic E-state index is -0.338. The van der Waals surface area contributed by atoms with Crippen molar-refractivity contribution in [2.75, 3.05) is 6.61 Å². The summed E-state index contributed by atoms with van der Waals surface area (Å²) >= 11 is 0. The third-order valence-electron chi connectivity index (χ3n) is 4.57. The lowest BCUT2D eigenvalue weighted by Gasteiger charge is -2.01. The number of H-pyrrole nitrogens is 1. The van der Waals surface area contributed by atoms with Gasteiger partial charge < -0.3 is 14.3 Å². The van der Waals surface area contributed by atoms with Crippen molar-refractivity contribution < 1.29 is 9.53 Å². The Morgan fingerprint density at radius 1 is 1.12 bits per heavy atom. The molecule has 0 aliphatic heterocycles. The number of aromatic nitrogens is 2. The first-order chi connectivity index (χ1) is 12.7. The van der Waals surface area contributed by atoms with Crippen molar-refractivity contribution in [1.82, 2.24) is 9.55 Å². The third-order valence-corrected chi connectivity index (χ3v) is 4.57. The third kappa shape index (κ3) is 2.69. The van der Waals surface area contributed by atoms with Crippen molar-refractivity contribution in [3.63, 3.8) is 0 Å². The van der Waals surface area contributed by atoms with Gasteiger partial charge in [-0.1, -0.05) is 36.4 Å². The van der Waals surface area contributed by atoms with E-state index < -0.39 is 0 Å². The van der Waals surface area contributed by atoms with Gasteiger partial charge in [-0.3, -0.25) is 0 Å². The second kappa shape index (κ2) is 6.56. The van der Waals surface area contributed by atoms with Crippen molar-refractivity contribution in [3.8, 4) is 11.1 Å². The summed E-state index contributed by atoms with van der Waals surface area (Å²) in [5, 5.41) is 2.32. The molecule has 130 valence electrons. The number of benzene rings is 2. The lowest BCUT2D eigenvalue weighted by Crippen LogP contribution is -1.98. The Morgan fingerprint density at radius 3 is 2.65 bits per heavy atom. The quantitative estimate of drug-likeness (QED) is 0.423. The molecule has 4 aromatic rings. The minimum Gasteiger partial charge on any atom is -0.463 e. The number of nitrogens with one attached hydrogen (secondary N) is 1. The Hall–Kier alpha value is -3.27. The fourth-order valence-electron chi connectivity index (χ4n) is 3.46. The van der Waals surface area contributed by atoms with Crippen LogP contribution in [0.25, 0.3) is 39.0 Å². The highest BCUT2D eigenvalue weighted by Gasteiger charge is 2.16. The number of carbonyl (C=O) groups excluding carboxylic acids is 1. The van der Waals surface area contributed by atoms with Gasteiger partial charge in [-0.15, -0.1) is 0 Å². The summed E-state index contributed by atoms with van der Waals surface area (Å²) in [6, 6.07) is 16.5. The molecule has 1 N–H and O–H groups in total. The van der Waals surface area contributed by atoms with Crippen LogP contribution in [0.1, 0.15) is 12.6 Å². The van der Waals surface area contributed by atoms with E-state index >= 15 is 0 Å². The number of aryl methyl sites for hydroxylation is 1. The van der Waals surface area contributed by atoms with Crippen molar-refractivity contribution in [2.45, 2.75) is 6.92 Å². The van der Waals surface area contributed by atoms with E-state index in [0.29, 0.717) is 6.61 Å². The number of aromatic amines is 1. The van der Waals surface area contributed by atoms with E-state index in [2.05, 4.69) is 47.1 Å². The van der Waals surface area contributed by atoms with Crippen LogP contribution >= 0.6 is 0 Å². The molecular weight excluding hydrogens is 324 g/mol. The van der Waals surface area contributed by atoms with Crippen LogP contribution in [0.3, 0.4) is 0 Å². The highest BCUT2D eigenvalue weighted by molar-refractivity contribution is 6.08. The molecule has 2 heterocycles. The second-order valence-corrected chi connectivity index (χ2v) is 6.22. The van der Waals surface area contributed by atoms with E-state index in [0.717, 1.165) is 27.7 Å². The largest absolute Gasteiger partial charge is 0.463 e. The number of rotatable bonds is 4. The van der Waals surface area contributed by atoms with Crippen LogP contribution in [-0.2, 0) is 16.6 Å². The van der Waals surface area contributed by atoms with Gasteiger partial charge in [-0.2, -0.15) is 0 Å². The molecule has 0 aliphatic rings. The molecular formula is C22H20N2O2. The Balaban J connectivity index is 1.95. The fourth-order valence-corrected chi connectivity index (χ4v) is 3.46. The summed E-state index contributed by atoms with van der Waals surface area (Å²) in [4.78, 5) is 15.2. The number of ether oxygens (including phenoxy) is 1. The predicted octanol–water partition coefficient (Wildman–Crippen LogP) is 4.90. The Morgan fingerprint density at radius 2 is 1.85 bits per heavy atom. The van der Waals surface area contributed by atoms with Gasteiger partial charge in [0.1, 0.15) is 0 Å². The van der Waals surface area contributed by atoms with Crippen LogP contribution in [0.15, 0.2) is 60.8 Å². The molecule has 0 aliphatic carbocycles. The molecule has 0 saturated heterocycles. The SMILES string of the molecule is CCOC(=O)/C=C/c1[nH]c2ccccc2c1-c1cn(C)c2ccccc12. The second-order valence-electron chi connectivity index (χ2n) is 6.22. The van der Waals surface area contributed by atoms with Crippen LogP contribution in [0, 0.1) is 0 Å². The zero-order valence-electron chi connectivity index (χ0n) is 14.8. The van der Waals surface area contributed by atoms with Gasteiger partial charge in [0.15, 0.2) is 0 Å². The highest BCUT2D eigenvalue weighted by atomic mass is 16.5. The molecule has 0 spiro atoms. The molecule has 2 aromatic carbocycles. The topological polar surface area (TPSA) is 47.0 Å². The van der Waals surface area contributed by atoms with Crippen LogP contribution in [0.5, 0.6) is 0 Å². The monoisotopic (exact) mass is 344 g/mol. The molecule has 2 aromatic heterocycles. The summed E-state index contributed by atoms with van der Waals surface area (Å²) in [7, 11) is 2.05. The summed E-state index contributed by atoms with van der Waals surface area (Å²) in [6.07, 6.45) is 5.42. The summed E-state index contributed by atoms with van der Waals surface area (Å²) in [5.74, 6) is -0.338. The first kappa shape index (κ1) is 16.2. The van der Waals surface area contributed by atoms with Crippen LogP contribution < -0.4 is 0 Å². The van der Waals surface area contributed by atoms with Crippen molar-refractivity contribution in [3.05, 3.63) is 66.5 Å². The number of hydrogen-bond acceptors (Lipinski definition) is 2. The number of esters is 1. The number of hydrogen-bond donors (Lipinski definition) is 1. The molecule has 26 heavy (non-hydrogen) atoms. The molecule has 4 heteroatoms. The molecule has 0 saturated carbocycles. The van der Waals surface area contributed by atoms with E-state index in [-0.39, 0.29) is 5.97 Å². The van der Waals surface area contributed by atoms with Gasteiger partial charge in [-0.05, 0) is 25.1 Å². The standard InChI is InChI=1S/C22H20N2O2/c1-3-26-21(25)13-12-19-22(16-9-4-6-10-18(16)23-19)17-14-24(2)20-11-7-5-8-15(17)20/h4-14,23H,3H2,1-2H3/b13-12+. The van der Waals surface area contributed by atoms with Crippen molar-refractivity contribution in [2.24, 2.45) is 7.05 Å². The van der Waals surface area contributed by atoms with Gasteiger partial charge >= 0.3 is 5.97 Å². The zero-order chi connectivity index (χ0) is 18.1. The van der Waals surface area contributed by atoms with Gasteiger partial charge in [0.25, 0.3) is 0 Å². The van der Waals surface area contributed by atoms with E-state index in [1.165, 1.54) is 17.0 Å². The first-order valence-electron chi connectivity index (χ1n) is 8.69. The maximum absolute atomic E-state index is 11.8. The summed E-state index contributed by atoms with van der Waals surface area (Å²) < 4.78 is 7.14. The molecule has 0 fully saturated rings. The summed E-state index contributed by atoms with van der Waals surface area (Å²) in [6.45, 7) is 2.17. The summed E-state index contributed by atoms with van der Waals surface area (Å²) in [5.41, 5.74) is 5.35. The lowest BCUT2D eigenvalue weighted by molar-refractivity contribution is -0.137. The molecule has 0 radical (unpaired) electrons. The minimum absolute atomic E-state index is 0.338. The van der Waals surface area contributed by atoms with E-state index in [1.807, 2.05) is 24.3 Å². The van der Waals surface area contributed by atoms with Crippen LogP contribution in [0.2, 0.25) is 0 Å². The van der Waals surface area contributed by atoms with Crippen molar-refractivity contribution in [1.29, 1.82) is 0 Å². The number of para-hydroxylation sites is 2. The van der Waals surface area contributed by atoms with E-state index in [1.54, 1.807) is 13.0 Å². The van der Waals surface area contributed by atoms with E-state index in [9.17, 15) is 4.79 Å². The van der Waals surface area contributed by atoms with E-state index in [4.69, 9.17) is 4.74 Å². The van der Waals surface area contributed by atoms with Gasteiger partial charge in [-0.25, -0.2) is 4.79 Å². The Labute approximate surface area is 151 Å². The van der Waals surface area contributed by atoms with Gasteiger partial charge in [0, 0.05) is 57.9 Å². The van der Waals surface area contributed by atoms with Gasteiger partial charge in [0.2, 0.25) is 0 Å². The number of fused-ring (bicyclic) bond motifs is 2. The van der Waals surface area contributed by atoms with Crippen LogP contribution in [-0.4, -0.2) is 22.1 Å². The maximum Gasteiger partial charge on any atom is 0.330 e. The first-order valence-corrected chi connectivity index (χ1v) is 8.69. The smallest absolute Gasteiger partial charge is 0.330 e. The molecule has 4 rings (SSSR count). The maximum atomic E-state index is 11.8. The Bertz CT molecular complexity index is 1130.